The van der Waals surface area contributed by atoms with Gasteiger partial charge in [0.1, 0.15) is 5.76 Å². The smallest absolute Gasteiger partial charge is 0.182 e. The minimum atomic E-state index is -3.42. The topological polar surface area (TPSA) is 54.4 Å². The molecule has 0 bridgehead atoms. The van der Waals surface area contributed by atoms with Gasteiger partial charge < -0.3 is 5.11 Å². The molecule has 0 heterocycles. The largest absolute Gasteiger partial charge is 0.508 e. The van der Waals surface area contributed by atoms with Crippen molar-refractivity contribution in [2.75, 3.05) is 0 Å². The van der Waals surface area contributed by atoms with Gasteiger partial charge in [-0.05, 0) is 17.7 Å². The average Bonchev–Trinajstić information content (AvgIpc) is 2.39. The van der Waals surface area contributed by atoms with Crippen LogP contribution >= 0.6 is 0 Å². The third kappa shape index (κ3) is 3.03. The lowest BCUT2D eigenvalue weighted by Crippen LogP contribution is -2.06. The van der Waals surface area contributed by atoms with Gasteiger partial charge in [0, 0.05) is 5.56 Å². The summed E-state index contributed by atoms with van der Waals surface area (Å²) >= 11 is 0. The van der Waals surface area contributed by atoms with Gasteiger partial charge in [0.15, 0.2) is 9.84 Å². The fraction of sp³-hybridized carbons (Fsp3) is 0.0667. The van der Waals surface area contributed by atoms with E-state index in [1.54, 1.807) is 54.6 Å². The summed E-state index contributed by atoms with van der Waals surface area (Å²) in [7, 11) is -3.42. The summed E-state index contributed by atoms with van der Waals surface area (Å²) in [4.78, 5) is 0.272. The zero-order chi connectivity index (χ0) is 13.9. The second-order valence-corrected chi connectivity index (χ2v) is 6.17. The number of hydrogen-bond donors (Lipinski definition) is 1. The molecule has 0 aromatic heterocycles. The Bertz CT molecular complexity index is 688. The molecule has 0 unspecified atom stereocenters. The van der Waals surface area contributed by atoms with Crippen LogP contribution in [-0.2, 0) is 15.6 Å². The first-order valence-corrected chi connectivity index (χ1v) is 7.40. The Morgan fingerprint density at radius 1 is 1.00 bits per heavy atom. The zero-order valence-electron chi connectivity index (χ0n) is 10.3. The molecule has 2 rings (SSSR count). The molecule has 0 aliphatic heterocycles. The van der Waals surface area contributed by atoms with Gasteiger partial charge in [-0.3, -0.25) is 0 Å². The lowest BCUT2D eigenvalue weighted by Gasteiger charge is -2.09. The van der Waals surface area contributed by atoms with E-state index in [2.05, 4.69) is 6.58 Å². The van der Waals surface area contributed by atoms with Crippen LogP contribution in [0.4, 0.5) is 0 Å². The fourth-order valence-corrected chi connectivity index (χ4v) is 3.24. The van der Waals surface area contributed by atoms with E-state index in [9.17, 15) is 13.5 Å². The molecular formula is C15H14O3S. The number of aliphatic hydroxyl groups is 1. The third-order valence-corrected chi connectivity index (χ3v) is 4.46. The zero-order valence-corrected chi connectivity index (χ0v) is 11.1. The second-order valence-electron chi connectivity index (χ2n) is 4.18. The molecule has 0 fully saturated rings. The van der Waals surface area contributed by atoms with E-state index in [0.29, 0.717) is 11.1 Å². The van der Waals surface area contributed by atoms with E-state index in [1.165, 1.54) is 0 Å². The summed E-state index contributed by atoms with van der Waals surface area (Å²) in [6.07, 6.45) is 0. The molecule has 4 heteroatoms. The Balaban J connectivity index is 2.39. The van der Waals surface area contributed by atoms with Gasteiger partial charge in [-0.15, -0.1) is 0 Å². The Labute approximate surface area is 112 Å². The second kappa shape index (κ2) is 5.28. The summed E-state index contributed by atoms with van der Waals surface area (Å²) in [6, 6.07) is 15.1. The predicted octanol–water partition coefficient (Wildman–Crippen LogP) is 3.19. The van der Waals surface area contributed by atoms with Crippen molar-refractivity contribution in [3.63, 3.8) is 0 Å². The molecule has 0 spiro atoms. The molecule has 2 aromatic rings. The van der Waals surface area contributed by atoms with E-state index >= 15 is 0 Å². The van der Waals surface area contributed by atoms with Crippen LogP contribution < -0.4 is 0 Å². The molecule has 0 saturated carbocycles. The maximum absolute atomic E-state index is 12.3. The Morgan fingerprint density at radius 3 is 2.21 bits per heavy atom. The van der Waals surface area contributed by atoms with Crippen LogP contribution in [0.5, 0.6) is 0 Å². The molecule has 0 amide bonds. The highest BCUT2D eigenvalue weighted by atomic mass is 32.2. The van der Waals surface area contributed by atoms with Gasteiger partial charge in [-0.25, -0.2) is 8.42 Å². The van der Waals surface area contributed by atoms with Gasteiger partial charge in [0.05, 0.1) is 10.6 Å². The summed E-state index contributed by atoms with van der Waals surface area (Å²) in [5, 5.41) is 9.48. The van der Waals surface area contributed by atoms with Crippen molar-refractivity contribution in [3.05, 3.63) is 72.3 Å². The van der Waals surface area contributed by atoms with Gasteiger partial charge in [-0.1, -0.05) is 49.0 Å². The summed E-state index contributed by atoms with van der Waals surface area (Å²) in [5.74, 6) is -0.286. The lowest BCUT2D eigenvalue weighted by molar-refractivity contribution is 0.513. The molecule has 0 saturated heterocycles. The maximum atomic E-state index is 12.3. The van der Waals surface area contributed by atoms with Crippen molar-refractivity contribution >= 4 is 15.6 Å². The molecule has 3 nitrogen and oxygen atoms in total. The van der Waals surface area contributed by atoms with E-state index < -0.39 is 9.84 Å². The number of benzene rings is 2. The van der Waals surface area contributed by atoms with E-state index in [-0.39, 0.29) is 16.4 Å². The first kappa shape index (κ1) is 13.4. The van der Waals surface area contributed by atoms with Crippen molar-refractivity contribution < 1.29 is 13.5 Å². The number of sulfone groups is 1. The van der Waals surface area contributed by atoms with Crippen molar-refractivity contribution in [1.82, 2.24) is 0 Å². The lowest BCUT2D eigenvalue weighted by atomic mass is 10.1. The first-order chi connectivity index (χ1) is 9.00. The quantitative estimate of drug-likeness (QED) is 0.871. The van der Waals surface area contributed by atoms with Gasteiger partial charge in [0.25, 0.3) is 0 Å². The number of hydrogen-bond acceptors (Lipinski definition) is 3. The highest BCUT2D eigenvalue weighted by Crippen LogP contribution is 2.21. The summed E-state index contributed by atoms with van der Waals surface area (Å²) < 4.78 is 24.5. The Kier molecular flexibility index (Phi) is 3.71. The molecule has 0 aliphatic carbocycles. The standard InChI is InChI=1S/C15H14O3S/c1-12(16)15-10-6-5-7-13(15)11-19(17,18)14-8-3-2-4-9-14/h2-10,16H,1,11H2. The average molecular weight is 274 g/mol. The predicted molar refractivity (Wildman–Crippen MR) is 75.4 cm³/mol. The Morgan fingerprint density at radius 2 is 1.58 bits per heavy atom. The van der Waals surface area contributed by atoms with Crippen LogP contribution in [0.1, 0.15) is 11.1 Å². The van der Waals surface area contributed by atoms with Gasteiger partial charge in [-0.2, -0.15) is 0 Å². The molecule has 0 radical (unpaired) electrons. The third-order valence-electron chi connectivity index (χ3n) is 2.78. The minimum Gasteiger partial charge on any atom is -0.508 e. The molecule has 0 aliphatic rings. The molecular weight excluding hydrogens is 260 g/mol. The van der Waals surface area contributed by atoms with Gasteiger partial charge >= 0.3 is 0 Å². The van der Waals surface area contributed by atoms with Crippen LogP contribution in [0.25, 0.3) is 5.76 Å². The van der Waals surface area contributed by atoms with E-state index in [1.807, 2.05) is 0 Å². The van der Waals surface area contributed by atoms with Crippen molar-refractivity contribution in [3.8, 4) is 0 Å². The SMILES string of the molecule is C=C(O)c1ccccc1CS(=O)(=O)c1ccccc1. The van der Waals surface area contributed by atoms with Crippen molar-refractivity contribution in [1.29, 1.82) is 0 Å². The van der Waals surface area contributed by atoms with E-state index in [4.69, 9.17) is 0 Å². The summed E-state index contributed by atoms with van der Waals surface area (Å²) in [5.41, 5.74) is 1.00. The minimum absolute atomic E-state index is 0.126. The molecule has 2 aromatic carbocycles. The first-order valence-electron chi connectivity index (χ1n) is 5.74. The van der Waals surface area contributed by atoms with Crippen molar-refractivity contribution in [2.24, 2.45) is 0 Å². The van der Waals surface area contributed by atoms with Gasteiger partial charge in [0.2, 0.25) is 0 Å². The molecule has 0 atom stereocenters. The molecule has 98 valence electrons. The van der Waals surface area contributed by atoms with Crippen molar-refractivity contribution in [2.45, 2.75) is 10.6 Å². The van der Waals surface area contributed by atoms with Crippen LogP contribution in [-0.4, -0.2) is 13.5 Å². The molecule has 1 N–H and O–H groups in total. The fourth-order valence-electron chi connectivity index (χ4n) is 1.84. The van der Waals surface area contributed by atoms with Crippen LogP contribution in [0, 0.1) is 0 Å². The maximum Gasteiger partial charge on any atom is 0.182 e. The van der Waals surface area contributed by atoms with E-state index in [0.717, 1.165) is 0 Å². The highest BCUT2D eigenvalue weighted by molar-refractivity contribution is 7.90. The molecule has 19 heavy (non-hydrogen) atoms. The summed E-state index contributed by atoms with van der Waals surface area (Å²) in [6.45, 7) is 3.45. The Hall–Kier alpha value is -2.07. The normalized spacial score (nSPS) is 11.2. The van der Waals surface area contributed by atoms with Crippen LogP contribution in [0.3, 0.4) is 0 Å². The number of rotatable bonds is 4. The van der Waals surface area contributed by atoms with Crippen LogP contribution in [0.2, 0.25) is 0 Å². The number of aliphatic hydroxyl groups excluding tert-OH is 1. The highest BCUT2D eigenvalue weighted by Gasteiger charge is 2.17. The van der Waals surface area contributed by atoms with Crippen LogP contribution in [0.15, 0.2) is 66.1 Å². The monoisotopic (exact) mass is 274 g/mol.